The Kier molecular flexibility index (Phi) is 3.69. The van der Waals surface area contributed by atoms with Gasteiger partial charge in [-0.05, 0) is 30.6 Å². The minimum Gasteiger partial charge on any atom is -0.359 e. The van der Waals surface area contributed by atoms with E-state index in [1.807, 2.05) is 0 Å². The van der Waals surface area contributed by atoms with Crippen LogP contribution in [0.4, 0.5) is 0 Å². The largest absolute Gasteiger partial charge is 0.359 e. The zero-order valence-corrected chi connectivity index (χ0v) is 10.8. The molecule has 0 aromatic rings. The number of ether oxygens (including phenoxy) is 2. The van der Waals surface area contributed by atoms with Gasteiger partial charge in [0.05, 0.1) is 0 Å². The van der Waals surface area contributed by atoms with Crippen LogP contribution in [0.25, 0.3) is 0 Å². The smallest absolute Gasteiger partial charge is 0.146 e. The molecular formula is C14H22O3. The van der Waals surface area contributed by atoms with Crippen LogP contribution in [0.15, 0.2) is 12.2 Å². The molecule has 0 unspecified atom stereocenters. The normalized spacial score (nSPS) is 36.6. The number of methoxy groups -OCH3 is 1. The molecule has 0 amide bonds. The van der Waals surface area contributed by atoms with Crippen molar-refractivity contribution < 1.29 is 14.3 Å². The number of carbonyl (C=O) groups is 1. The number of allylic oxidation sites excluding steroid dienone is 1. The maximum Gasteiger partial charge on any atom is 0.146 e. The highest BCUT2D eigenvalue weighted by molar-refractivity contribution is 5.86. The summed E-state index contributed by atoms with van der Waals surface area (Å²) in [7, 11) is 1.63. The van der Waals surface area contributed by atoms with Crippen LogP contribution in [0.2, 0.25) is 0 Å². The predicted molar refractivity (Wildman–Crippen MR) is 65.5 cm³/mol. The molecule has 17 heavy (non-hydrogen) atoms. The Labute approximate surface area is 103 Å². The highest BCUT2D eigenvalue weighted by Crippen LogP contribution is 2.56. The van der Waals surface area contributed by atoms with Gasteiger partial charge >= 0.3 is 0 Å². The number of hydrogen-bond donors (Lipinski definition) is 0. The molecule has 0 aliphatic heterocycles. The molecule has 2 aliphatic carbocycles. The molecule has 0 N–H and O–H groups in total. The highest BCUT2D eigenvalue weighted by Gasteiger charge is 2.51. The maximum absolute atomic E-state index is 11.9. The summed E-state index contributed by atoms with van der Waals surface area (Å²) in [5.74, 6) is 0.985. The lowest BCUT2D eigenvalue weighted by Crippen LogP contribution is -2.35. The number of Topliss-reactive ketones (excluding diaryl/α,β-unsaturated/α-hetero) is 1. The van der Waals surface area contributed by atoms with Crippen molar-refractivity contribution >= 4 is 5.78 Å². The summed E-state index contributed by atoms with van der Waals surface area (Å²) in [5.41, 5.74) is 1.40. The standard InChI is InChI=1S/C14H22O3/c1-10-7-14(4-5-17-9-16-3)8-12(10)13(15)6-11(14)2/h11-12H,1,4-9H2,2-3H3/t11-,12+,14+/m0/s1. The van der Waals surface area contributed by atoms with Gasteiger partial charge < -0.3 is 9.47 Å². The zero-order valence-electron chi connectivity index (χ0n) is 10.8. The van der Waals surface area contributed by atoms with Crippen molar-refractivity contribution in [2.24, 2.45) is 17.3 Å². The average Bonchev–Trinajstić information content (AvgIpc) is 2.59. The molecule has 2 aliphatic rings. The minimum absolute atomic E-state index is 0.133. The third-order valence-corrected chi connectivity index (χ3v) is 4.57. The van der Waals surface area contributed by atoms with Crippen LogP contribution in [0, 0.1) is 17.3 Å². The summed E-state index contributed by atoms with van der Waals surface area (Å²) >= 11 is 0. The lowest BCUT2D eigenvalue weighted by Gasteiger charge is -2.38. The first-order valence-electron chi connectivity index (χ1n) is 6.36. The highest BCUT2D eigenvalue weighted by atomic mass is 16.7. The number of fused-ring (bicyclic) bond motifs is 2. The third-order valence-electron chi connectivity index (χ3n) is 4.57. The maximum atomic E-state index is 11.9. The van der Waals surface area contributed by atoms with E-state index in [-0.39, 0.29) is 11.3 Å². The van der Waals surface area contributed by atoms with Crippen molar-refractivity contribution in [1.82, 2.24) is 0 Å². The van der Waals surface area contributed by atoms with E-state index >= 15 is 0 Å². The molecule has 0 aromatic heterocycles. The minimum atomic E-state index is 0.133. The second-order valence-electron chi connectivity index (χ2n) is 5.59. The SMILES string of the molecule is C=C1C[C@]2(CCOCOC)C[C@H]1C(=O)C[C@@H]2C. The van der Waals surface area contributed by atoms with Crippen molar-refractivity contribution in [1.29, 1.82) is 0 Å². The molecule has 2 fully saturated rings. The van der Waals surface area contributed by atoms with Crippen LogP contribution < -0.4 is 0 Å². The first kappa shape index (κ1) is 12.8. The van der Waals surface area contributed by atoms with Crippen LogP contribution >= 0.6 is 0 Å². The Balaban J connectivity index is 1.99. The van der Waals surface area contributed by atoms with Gasteiger partial charge in [0.2, 0.25) is 0 Å². The van der Waals surface area contributed by atoms with Crippen LogP contribution in [0.3, 0.4) is 0 Å². The fourth-order valence-corrected chi connectivity index (χ4v) is 3.43. The molecule has 2 rings (SSSR count). The van der Waals surface area contributed by atoms with Crippen LogP contribution in [0.1, 0.15) is 32.6 Å². The van der Waals surface area contributed by atoms with Crippen LogP contribution in [-0.2, 0) is 14.3 Å². The molecule has 2 saturated carbocycles. The van der Waals surface area contributed by atoms with E-state index in [0.29, 0.717) is 31.5 Å². The number of rotatable bonds is 5. The van der Waals surface area contributed by atoms with Crippen molar-refractivity contribution in [3.63, 3.8) is 0 Å². The molecule has 96 valence electrons. The Morgan fingerprint density at radius 3 is 3.00 bits per heavy atom. The van der Waals surface area contributed by atoms with E-state index in [0.717, 1.165) is 24.8 Å². The Morgan fingerprint density at radius 2 is 2.29 bits per heavy atom. The third kappa shape index (κ3) is 2.31. The second-order valence-corrected chi connectivity index (χ2v) is 5.59. The van der Waals surface area contributed by atoms with Gasteiger partial charge in [-0.2, -0.15) is 0 Å². The van der Waals surface area contributed by atoms with Gasteiger partial charge in [0.25, 0.3) is 0 Å². The van der Waals surface area contributed by atoms with Crippen molar-refractivity contribution in [2.45, 2.75) is 32.6 Å². The second kappa shape index (κ2) is 4.91. The fourth-order valence-electron chi connectivity index (χ4n) is 3.43. The van der Waals surface area contributed by atoms with Crippen LogP contribution in [0.5, 0.6) is 0 Å². The first-order valence-corrected chi connectivity index (χ1v) is 6.36. The average molecular weight is 238 g/mol. The molecule has 0 spiro atoms. The van der Waals surface area contributed by atoms with E-state index in [1.165, 1.54) is 0 Å². The van der Waals surface area contributed by atoms with Crippen molar-refractivity contribution in [3.05, 3.63) is 12.2 Å². The molecule has 3 nitrogen and oxygen atoms in total. The molecular weight excluding hydrogens is 216 g/mol. The summed E-state index contributed by atoms with van der Waals surface area (Å²) in [6.45, 7) is 7.35. The first-order chi connectivity index (χ1) is 8.09. The monoisotopic (exact) mass is 238 g/mol. The van der Waals surface area contributed by atoms with Gasteiger partial charge in [-0.3, -0.25) is 4.79 Å². The Bertz CT molecular complexity index is 323. The summed E-state index contributed by atoms with van der Waals surface area (Å²) in [4.78, 5) is 11.9. The molecule has 0 radical (unpaired) electrons. The van der Waals surface area contributed by atoms with Gasteiger partial charge in [0, 0.05) is 26.1 Å². The fraction of sp³-hybridized carbons (Fsp3) is 0.786. The molecule has 3 heteroatoms. The van der Waals surface area contributed by atoms with E-state index in [1.54, 1.807) is 7.11 Å². The summed E-state index contributed by atoms with van der Waals surface area (Å²) < 4.78 is 10.3. The molecule has 0 heterocycles. The number of carbonyl (C=O) groups excluding carboxylic acids is 1. The van der Waals surface area contributed by atoms with Crippen molar-refractivity contribution in [2.75, 3.05) is 20.5 Å². The number of ketones is 1. The molecule has 0 aromatic carbocycles. The molecule has 3 atom stereocenters. The number of hydrogen-bond acceptors (Lipinski definition) is 3. The van der Waals surface area contributed by atoms with Gasteiger partial charge in [-0.25, -0.2) is 0 Å². The molecule has 2 bridgehead atoms. The van der Waals surface area contributed by atoms with Gasteiger partial charge in [0.1, 0.15) is 12.6 Å². The van der Waals surface area contributed by atoms with E-state index in [4.69, 9.17) is 9.47 Å². The van der Waals surface area contributed by atoms with Crippen molar-refractivity contribution in [3.8, 4) is 0 Å². The van der Waals surface area contributed by atoms with E-state index in [9.17, 15) is 4.79 Å². The summed E-state index contributed by atoms with van der Waals surface area (Å²) in [5, 5.41) is 0. The zero-order chi connectivity index (χ0) is 12.5. The van der Waals surface area contributed by atoms with Gasteiger partial charge in [-0.15, -0.1) is 0 Å². The quantitative estimate of drug-likeness (QED) is 0.419. The summed E-state index contributed by atoms with van der Waals surface area (Å²) in [6, 6.07) is 0. The topological polar surface area (TPSA) is 35.5 Å². The van der Waals surface area contributed by atoms with Gasteiger partial charge in [-0.1, -0.05) is 19.1 Å². The lowest BCUT2D eigenvalue weighted by atomic mass is 9.66. The van der Waals surface area contributed by atoms with E-state index < -0.39 is 0 Å². The lowest BCUT2D eigenvalue weighted by molar-refractivity contribution is -0.127. The summed E-state index contributed by atoms with van der Waals surface area (Å²) in [6.07, 6.45) is 3.72. The van der Waals surface area contributed by atoms with Gasteiger partial charge in [0.15, 0.2) is 0 Å². The van der Waals surface area contributed by atoms with Crippen LogP contribution in [-0.4, -0.2) is 26.3 Å². The Hall–Kier alpha value is -0.670. The predicted octanol–water partition coefficient (Wildman–Crippen LogP) is 2.56. The Morgan fingerprint density at radius 1 is 1.53 bits per heavy atom. The van der Waals surface area contributed by atoms with E-state index in [2.05, 4.69) is 13.5 Å². The molecule has 0 saturated heterocycles.